The molecule has 2 amide bonds. The van der Waals surface area contributed by atoms with Crippen LogP contribution < -0.4 is 26.2 Å². The number of hydrogen-bond donors (Lipinski definition) is 7. The van der Waals surface area contributed by atoms with Crippen molar-refractivity contribution < 1.29 is 39.2 Å². The van der Waals surface area contributed by atoms with E-state index >= 15 is 0 Å². The van der Waals surface area contributed by atoms with Crippen LogP contribution in [0.1, 0.15) is 63.5 Å². The van der Waals surface area contributed by atoms with Crippen LogP contribution >= 0.6 is 0 Å². The molecule has 1 unspecified atom stereocenters. The minimum Gasteiger partial charge on any atom is -0.506 e. The number of nitrogens with zero attached hydrogens (tertiary/aromatic N) is 1. The summed E-state index contributed by atoms with van der Waals surface area (Å²) < 4.78 is 11.6. The number of benzene rings is 5. The number of ether oxygens (including phenoxy) is 2. The third-order valence-electron chi connectivity index (χ3n) is 11.9. The minimum absolute atomic E-state index is 0.0643. The number of phenols is 1. The lowest BCUT2D eigenvalue weighted by molar-refractivity contribution is -0.164. The third kappa shape index (κ3) is 12.5. The zero-order valence-corrected chi connectivity index (χ0v) is 36.8. The zero-order valence-electron chi connectivity index (χ0n) is 36.8. The van der Waals surface area contributed by atoms with Crippen molar-refractivity contribution in [2.75, 3.05) is 52.5 Å². The van der Waals surface area contributed by atoms with E-state index in [0.717, 1.165) is 38.0 Å². The SMILES string of the molecule is O=C(COc1cccc(C(O)(C(=O)OCC2CCN(Cc3ccccc3)CC2)c2ccccc2)c1)NCCCNC(=O)c1ccc(CCNC[C@H](O)c2ccc(O)c3[nH]c(=O)ccc23)cc1. The van der Waals surface area contributed by atoms with Gasteiger partial charge in [-0.25, -0.2) is 4.79 Å². The molecule has 0 saturated carbocycles. The second kappa shape index (κ2) is 22.9. The average molecular weight is 896 g/mol. The highest BCUT2D eigenvalue weighted by molar-refractivity contribution is 5.94. The maximum Gasteiger partial charge on any atom is 0.347 e. The monoisotopic (exact) mass is 895 g/mol. The number of piperidine rings is 1. The first-order valence-corrected chi connectivity index (χ1v) is 22.4. The Kier molecular flexibility index (Phi) is 16.3. The number of fused-ring (bicyclic) bond motifs is 1. The van der Waals surface area contributed by atoms with Gasteiger partial charge in [-0.1, -0.05) is 91.0 Å². The molecule has 5 aromatic carbocycles. The van der Waals surface area contributed by atoms with Gasteiger partial charge < -0.3 is 45.7 Å². The van der Waals surface area contributed by atoms with Gasteiger partial charge in [-0.15, -0.1) is 0 Å². The standard InChI is InChI=1S/C52H57N5O9/c58-45-21-19-43(44-20-22-47(60)56-49(44)45)46(59)32-53-28-23-36-15-17-39(18-16-36)50(62)55-27-8-26-54-48(61)35-65-42-14-7-13-41(31-42)52(64,40-11-5-2-6-12-40)51(63)66-34-38-24-29-57(30-25-38)33-37-9-3-1-4-10-37/h1-7,9-22,31,38,46,53,58-59,64H,8,23-30,32-35H2,(H,54,61)(H,55,62)(H,56,60)/t46-,52?/m0/s1. The number of nitrogens with one attached hydrogen (secondary N) is 4. The fraction of sp³-hybridized carbons (Fsp3) is 0.308. The summed E-state index contributed by atoms with van der Waals surface area (Å²) in [4.78, 5) is 56.0. The highest BCUT2D eigenvalue weighted by Crippen LogP contribution is 2.34. The van der Waals surface area contributed by atoms with E-state index in [-0.39, 0.29) is 59.9 Å². The largest absolute Gasteiger partial charge is 0.506 e. The lowest BCUT2D eigenvalue weighted by atomic mass is 9.86. The molecule has 14 nitrogen and oxygen atoms in total. The number of aromatic amines is 1. The summed E-state index contributed by atoms with van der Waals surface area (Å²) in [7, 11) is 0. The van der Waals surface area contributed by atoms with E-state index in [1.54, 1.807) is 78.9 Å². The first-order chi connectivity index (χ1) is 32.1. The lowest BCUT2D eigenvalue weighted by Crippen LogP contribution is -2.40. The van der Waals surface area contributed by atoms with Crippen molar-refractivity contribution >= 4 is 28.7 Å². The molecule has 14 heteroatoms. The number of likely N-dealkylation sites (tertiary alicyclic amines) is 1. The van der Waals surface area contributed by atoms with Crippen LogP contribution in [-0.2, 0) is 32.9 Å². The molecule has 344 valence electrons. The number of amides is 2. The molecule has 2 heterocycles. The summed E-state index contributed by atoms with van der Waals surface area (Å²) in [6.07, 6.45) is 2.05. The van der Waals surface area contributed by atoms with Gasteiger partial charge in [0.2, 0.25) is 11.2 Å². The van der Waals surface area contributed by atoms with E-state index in [0.29, 0.717) is 60.3 Å². The van der Waals surface area contributed by atoms with E-state index in [1.807, 2.05) is 30.3 Å². The van der Waals surface area contributed by atoms with Gasteiger partial charge in [0, 0.05) is 48.8 Å². The number of carbonyl (C=O) groups excluding carboxylic acids is 3. The van der Waals surface area contributed by atoms with Gasteiger partial charge in [-0.2, -0.15) is 0 Å². The zero-order chi connectivity index (χ0) is 46.3. The Hall–Kier alpha value is -6.84. The molecule has 0 bridgehead atoms. The predicted molar refractivity (Wildman–Crippen MR) is 251 cm³/mol. The summed E-state index contributed by atoms with van der Waals surface area (Å²) in [6, 6.07) is 38.7. The fourth-order valence-corrected chi connectivity index (χ4v) is 8.12. The first-order valence-electron chi connectivity index (χ1n) is 22.4. The number of pyridine rings is 1. The number of aliphatic hydroxyl groups excluding tert-OH is 1. The maximum absolute atomic E-state index is 13.8. The molecule has 7 N–H and O–H groups in total. The Labute approximate surface area is 383 Å². The topological polar surface area (TPSA) is 203 Å². The highest BCUT2D eigenvalue weighted by Gasteiger charge is 2.42. The molecule has 0 radical (unpaired) electrons. The molecular weight excluding hydrogens is 839 g/mol. The minimum atomic E-state index is -2.11. The van der Waals surface area contributed by atoms with Gasteiger partial charge in [0.15, 0.2) is 6.61 Å². The van der Waals surface area contributed by atoms with E-state index in [9.17, 15) is 34.5 Å². The summed E-state index contributed by atoms with van der Waals surface area (Å²) in [5.74, 6) is -0.975. The molecule has 1 aliphatic heterocycles. The van der Waals surface area contributed by atoms with Gasteiger partial charge in [0.05, 0.1) is 18.2 Å². The van der Waals surface area contributed by atoms with E-state index in [2.05, 4.69) is 38.0 Å². The molecule has 2 atom stereocenters. The number of H-pyrrole nitrogens is 1. The Morgan fingerprint density at radius 3 is 2.26 bits per heavy atom. The number of aromatic nitrogens is 1. The molecule has 1 aliphatic rings. The Morgan fingerprint density at radius 2 is 1.50 bits per heavy atom. The molecule has 1 fully saturated rings. The normalized spacial score (nSPS) is 14.5. The van der Waals surface area contributed by atoms with Crippen LogP contribution in [0.3, 0.4) is 0 Å². The second-order valence-electron chi connectivity index (χ2n) is 16.6. The number of aliphatic hydroxyl groups is 2. The van der Waals surface area contributed by atoms with Gasteiger partial charge >= 0.3 is 5.97 Å². The van der Waals surface area contributed by atoms with Crippen molar-refractivity contribution in [1.29, 1.82) is 0 Å². The molecule has 6 aromatic rings. The predicted octanol–water partition coefficient (Wildman–Crippen LogP) is 5.11. The number of phenolic OH excluding ortho intramolecular Hbond substituents is 1. The maximum atomic E-state index is 13.8. The Bertz CT molecular complexity index is 2600. The molecule has 1 aromatic heterocycles. The highest BCUT2D eigenvalue weighted by atomic mass is 16.5. The van der Waals surface area contributed by atoms with Gasteiger partial charge in [0.25, 0.3) is 11.8 Å². The fourth-order valence-electron chi connectivity index (χ4n) is 8.12. The lowest BCUT2D eigenvalue weighted by Gasteiger charge is -2.33. The average Bonchev–Trinajstić information content (AvgIpc) is 3.35. The molecule has 1 saturated heterocycles. The van der Waals surface area contributed by atoms with Gasteiger partial charge in [-0.05, 0) is 110 Å². The summed E-state index contributed by atoms with van der Waals surface area (Å²) in [6.45, 7) is 4.05. The molecule has 66 heavy (non-hydrogen) atoms. The summed E-state index contributed by atoms with van der Waals surface area (Å²) in [5, 5.41) is 42.5. The van der Waals surface area contributed by atoms with Crippen molar-refractivity contribution in [2.45, 2.75) is 43.9 Å². The first kappa shape index (κ1) is 47.1. The number of hydrogen-bond acceptors (Lipinski definition) is 11. The van der Waals surface area contributed by atoms with E-state index in [1.165, 1.54) is 17.7 Å². The van der Waals surface area contributed by atoms with Gasteiger partial charge in [0.1, 0.15) is 11.5 Å². The quantitative estimate of drug-likeness (QED) is 0.0374. The van der Waals surface area contributed by atoms with E-state index < -0.39 is 17.7 Å². The van der Waals surface area contributed by atoms with Crippen LogP contribution in [0.15, 0.2) is 138 Å². The van der Waals surface area contributed by atoms with Crippen molar-refractivity contribution in [2.24, 2.45) is 5.92 Å². The van der Waals surface area contributed by atoms with Crippen molar-refractivity contribution in [3.05, 3.63) is 177 Å². The van der Waals surface area contributed by atoms with Crippen LogP contribution in [0.4, 0.5) is 0 Å². The molecule has 0 spiro atoms. The van der Waals surface area contributed by atoms with Crippen molar-refractivity contribution in [1.82, 2.24) is 25.8 Å². The molecule has 7 rings (SSSR count). The number of rotatable bonds is 21. The van der Waals surface area contributed by atoms with Crippen molar-refractivity contribution in [3.8, 4) is 11.5 Å². The van der Waals surface area contributed by atoms with Gasteiger partial charge in [-0.3, -0.25) is 19.3 Å². The number of esters is 1. The summed E-state index contributed by atoms with van der Waals surface area (Å²) in [5.41, 5.74) is 1.81. The van der Waals surface area contributed by atoms with Crippen LogP contribution in [-0.4, -0.2) is 95.5 Å². The Morgan fingerprint density at radius 1 is 0.788 bits per heavy atom. The van der Waals surface area contributed by atoms with E-state index in [4.69, 9.17) is 9.47 Å². The third-order valence-corrected chi connectivity index (χ3v) is 11.9. The number of carbonyl (C=O) groups is 3. The summed E-state index contributed by atoms with van der Waals surface area (Å²) >= 11 is 0. The Balaban J connectivity index is 0.803. The van der Waals surface area contributed by atoms with Crippen LogP contribution in [0.5, 0.6) is 11.5 Å². The second-order valence-corrected chi connectivity index (χ2v) is 16.6. The van der Waals surface area contributed by atoms with Crippen LogP contribution in [0.2, 0.25) is 0 Å². The van der Waals surface area contributed by atoms with Crippen molar-refractivity contribution in [3.63, 3.8) is 0 Å². The molecular formula is C52H57N5O9. The number of aromatic hydroxyl groups is 1. The van der Waals surface area contributed by atoms with Crippen LogP contribution in [0, 0.1) is 5.92 Å². The smallest absolute Gasteiger partial charge is 0.347 e. The van der Waals surface area contributed by atoms with Crippen LogP contribution in [0.25, 0.3) is 10.9 Å². The molecule has 0 aliphatic carbocycles.